The molecule has 0 N–H and O–H groups in total. The first-order valence-electron chi connectivity index (χ1n) is 10.8. The van der Waals surface area contributed by atoms with Gasteiger partial charge in [-0.1, -0.05) is 48.6 Å². The number of sulfonamides is 1. The van der Waals surface area contributed by atoms with Crippen LogP contribution in [0.3, 0.4) is 0 Å². The van der Waals surface area contributed by atoms with Gasteiger partial charge in [-0.25, -0.2) is 8.42 Å². The van der Waals surface area contributed by atoms with Crippen molar-refractivity contribution in [2.45, 2.75) is 4.21 Å². The van der Waals surface area contributed by atoms with Crippen LogP contribution in [0.25, 0.3) is 6.08 Å². The molecule has 0 spiro atoms. The van der Waals surface area contributed by atoms with E-state index in [0.717, 1.165) is 19.6 Å². The van der Waals surface area contributed by atoms with Gasteiger partial charge in [0.2, 0.25) is 0 Å². The minimum atomic E-state index is -3.59. The molecular formula is C25H27N3O3S2. The number of piperazine rings is 1. The summed E-state index contributed by atoms with van der Waals surface area (Å²) >= 11 is 1.18. The van der Waals surface area contributed by atoms with Crippen molar-refractivity contribution in [3.8, 4) is 0 Å². The number of rotatable bonds is 7. The van der Waals surface area contributed by atoms with Crippen LogP contribution in [0.2, 0.25) is 0 Å². The van der Waals surface area contributed by atoms with Crippen molar-refractivity contribution in [3.63, 3.8) is 0 Å². The van der Waals surface area contributed by atoms with Crippen LogP contribution in [-0.2, 0) is 10.0 Å². The molecule has 0 radical (unpaired) electrons. The Labute approximate surface area is 199 Å². The van der Waals surface area contributed by atoms with E-state index in [2.05, 4.69) is 29.2 Å². The minimum Gasteiger partial charge on any atom is -0.336 e. The molecule has 2 aromatic carbocycles. The lowest BCUT2D eigenvalue weighted by Gasteiger charge is -2.34. The SMILES string of the molecule is CN(c1ccc(C(=O)N2CCN(C/C=C/c3ccccc3)CC2)cc1)S(=O)(=O)c1cccs1. The average molecular weight is 482 g/mol. The maximum atomic E-state index is 12.9. The van der Waals surface area contributed by atoms with Crippen molar-refractivity contribution in [1.82, 2.24) is 9.80 Å². The van der Waals surface area contributed by atoms with Crippen molar-refractivity contribution in [2.75, 3.05) is 44.1 Å². The zero-order chi connectivity index (χ0) is 23.3. The maximum Gasteiger partial charge on any atom is 0.273 e. The molecule has 0 aliphatic carbocycles. The summed E-state index contributed by atoms with van der Waals surface area (Å²) in [6.45, 7) is 3.85. The fourth-order valence-corrected chi connectivity index (χ4v) is 6.07. The smallest absolute Gasteiger partial charge is 0.273 e. The summed E-state index contributed by atoms with van der Waals surface area (Å²) in [6.07, 6.45) is 4.28. The average Bonchev–Trinajstić information content (AvgIpc) is 3.40. The molecular weight excluding hydrogens is 454 g/mol. The van der Waals surface area contributed by atoms with Gasteiger partial charge in [-0.15, -0.1) is 11.3 Å². The highest BCUT2D eigenvalue weighted by Crippen LogP contribution is 2.25. The molecule has 0 unspecified atom stereocenters. The summed E-state index contributed by atoms with van der Waals surface area (Å²) in [5.74, 6) is -0.0233. The topological polar surface area (TPSA) is 60.9 Å². The molecule has 0 atom stereocenters. The van der Waals surface area contributed by atoms with Gasteiger partial charge in [0.15, 0.2) is 0 Å². The first-order valence-corrected chi connectivity index (χ1v) is 13.1. The predicted octanol–water partition coefficient (Wildman–Crippen LogP) is 4.04. The summed E-state index contributed by atoms with van der Waals surface area (Å²) in [6, 6.07) is 20.3. The summed E-state index contributed by atoms with van der Waals surface area (Å²) in [7, 11) is -2.06. The Balaban J connectivity index is 1.31. The van der Waals surface area contributed by atoms with E-state index >= 15 is 0 Å². The van der Waals surface area contributed by atoms with Crippen molar-refractivity contribution >= 4 is 39.0 Å². The van der Waals surface area contributed by atoms with Crippen LogP contribution >= 0.6 is 11.3 Å². The normalized spacial score (nSPS) is 15.1. The number of carbonyl (C=O) groups is 1. The molecule has 1 aliphatic heterocycles. The third-order valence-corrected chi connectivity index (χ3v) is 8.88. The number of nitrogens with zero attached hydrogens (tertiary/aromatic N) is 3. The van der Waals surface area contributed by atoms with E-state index < -0.39 is 10.0 Å². The second-order valence-electron chi connectivity index (χ2n) is 7.86. The van der Waals surface area contributed by atoms with Gasteiger partial charge in [-0.3, -0.25) is 14.0 Å². The van der Waals surface area contributed by atoms with Crippen molar-refractivity contribution in [2.24, 2.45) is 0 Å². The van der Waals surface area contributed by atoms with E-state index in [1.165, 1.54) is 28.3 Å². The third-order valence-electron chi connectivity index (χ3n) is 5.72. The molecule has 6 nitrogen and oxygen atoms in total. The molecule has 0 bridgehead atoms. The highest BCUT2D eigenvalue weighted by atomic mass is 32.2. The van der Waals surface area contributed by atoms with Gasteiger partial charge in [0, 0.05) is 45.3 Å². The zero-order valence-corrected chi connectivity index (χ0v) is 20.1. The van der Waals surface area contributed by atoms with Crippen LogP contribution in [-0.4, -0.2) is 63.9 Å². The Bertz CT molecular complexity index is 1180. The van der Waals surface area contributed by atoms with Gasteiger partial charge < -0.3 is 4.90 Å². The summed E-state index contributed by atoms with van der Waals surface area (Å²) < 4.78 is 26.9. The second kappa shape index (κ2) is 10.3. The minimum absolute atomic E-state index is 0.0233. The number of amides is 1. The number of benzene rings is 2. The van der Waals surface area contributed by atoms with Gasteiger partial charge in [-0.2, -0.15) is 0 Å². The van der Waals surface area contributed by atoms with E-state index in [-0.39, 0.29) is 5.91 Å². The van der Waals surface area contributed by atoms with Crippen LogP contribution in [0.4, 0.5) is 5.69 Å². The van der Waals surface area contributed by atoms with Gasteiger partial charge in [0.1, 0.15) is 4.21 Å². The Morgan fingerprint density at radius 3 is 2.30 bits per heavy atom. The quantitative estimate of drug-likeness (QED) is 0.511. The highest BCUT2D eigenvalue weighted by Gasteiger charge is 2.24. The molecule has 1 aliphatic rings. The van der Waals surface area contributed by atoms with Crippen molar-refractivity contribution in [1.29, 1.82) is 0 Å². The molecule has 2 heterocycles. The van der Waals surface area contributed by atoms with Gasteiger partial charge in [0.05, 0.1) is 5.69 Å². The maximum absolute atomic E-state index is 12.9. The first-order chi connectivity index (χ1) is 15.9. The molecule has 172 valence electrons. The van der Waals surface area contributed by atoms with E-state index in [0.29, 0.717) is 28.5 Å². The number of carbonyl (C=O) groups excluding carboxylic acids is 1. The monoisotopic (exact) mass is 481 g/mol. The number of thiophene rings is 1. The number of hydrogen-bond donors (Lipinski definition) is 0. The molecule has 33 heavy (non-hydrogen) atoms. The van der Waals surface area contributed by atoms with Crippen LogP contribution in [0.5, 0.6) is 0 Å². The van der Waals surface area contributed by atoms with Gasteiger partial charge in [0.25, 0.3) is 15.9 Å². The lowest BCUT2D eigenvalue weighted by Crippen LogP contribution is -2.48. The molecule has 8 heteroatoms. The van der Waals surface area contributed by atoms with Crippen molar-refractivity contribution < 1.29 is 13.2 Å². The number of anilines is 1. The van der Waals surface area contributed by atoms with Crippen LogP contribution in [0.1, 0.15) is 15.9 Å². The standard InChI is InChI=1S/C25H27N3O3S2/c1-26(33(30,31)24-10-6-20-32-24)23-13-11-22(12-14-23)25(29)28-18-16-27(17-19-28)15-5-9-21-7-3-2-4-8-21/h2-14,20H,15-19H2,1H3/b9-5+. The van der Waals surface area contributed by atoms with E-state index in [1.807, 2.05) is 23.1 Å². The van der Waals surface area contributed by atoms with E-state index in [9.17, 15) is 13.2 Å². The molecule has 1 amide bonds. The Morgan fingerprint density at radius 2 is 1.67 bits per heavy atom. The molecule has 4 rings (SSSR count). The second-order valence-corrected chi connectivity index (χ2v) is 11.0. The number of hydrogen-bond acceptors (Lipinski definition) is 5. The van der Waals surface area contributed by atoms with Gasteiger partial charge >= 0.3 is 0 Å². The van der Waals surface area contributed by atoms with Crippen molar-refractivity contribution in [3.05, 3.63) is 89.3 Å². The fourth-order valence-electron chi connectivity index (χ4n) is 3.72. The highest BCUT2D eigenvalue weighted by molar-refractivity contribution is 7.94. The fraction of sp³-hybridized carbons (Fsp3) is 0.240. The largest absolute Gasteiger partial charge is 0.336 e. The summed E-state index contributed by atoms with van der Waals surface area (Å²) in [5.41, 5.74) is 2.27. The predicted molar refractivity (Wildman–Crippen MR) is 134 cm³/mol. The molecule has 0 saturated carbocycles. The summed E-state index contributed by atoms with van der Waals surface area (Å²) in [4.78, 5) is 17.1. The van der Waals surface area contributed by atoms with Gasteiger partial charge in [-0.05, 0) is 41.3 Å². The first kappa shape index (κ1) is 23.2. The zero-order valence-electron chi connectivity index (χ0n) is 18.5. The Kier molecular flexibility index (Phi) is 7.27. The molecule has 3 aromatic rings. The van der Waals surface area contributed by atoms with E-state index in [1.54, 1.807) is 41.8 Å². The van der Waals surface area contributed by atoms with Crippen LogP contribution < -0.4 is 4.31 Å². The summed E-state index contributed by atoms with van der Waals surface area (Å²) in [5, 5.41) is 1.74. The molecule has 1 saturated heterocycles. The third kappa shape index (κ3) is 5.52. The lowest BCUT2D eigenvalue weighted by molar-refractivity contribution is 0.0650. The van der Waals surface area contributed by atoms with E-state index in [4.69, 9.17) is 0 Å². The van der Waals surface area contributed by atoms with Crippen LogP contribution in [0.15, 0.2) is 82.4 Å². The Morgan fingerprint density at radius 1 is 0.970 bits per heavy atom. The molecule has 1 aromatic heterocycles. The Hall–Kier alpha value is -2.94. The van der Waals surface area contributed by atoms with Crippen LogP contribution in [0, 0.1) is 0 Å². The lowest BCUT2D eigenvalue weighted by atomic mass is 10.1. The molecule has 1 fully saturated rings.